The number of rotatable bonds is 7. The molecule has 9 nitrogen and oxygen atoms in total. The van der Waals surface area contributed by atoms with Crippen molar-refractivity contribution < 1.29 is 9.72 Å². The number of carbonyl (C=O) groups is 1. The van der Waals surface area contributed by atoms with E-state index in [0.717, 1.165) is 17.7 Å². The van der Waals surface area contributed by atoms with Gasteiger partial charge >= 0.3 is 5.00 Å². The van der Waals surface area contributed by atoms with Crippen molar-refractivity contribution in [1.29, 1.82) is 0 Å². The molecule has 2 aromatic rings. The summed E-state index contributed by atoms with van der Waals surface area (Å²) in [6, 6.07) is 3.35. The molecular formula is C14H18N6O3S. The number of nitro groups is 1. The quantitative estimate of drug-likeness (QED) is 0.581. The van der Waals surface area contributed by atoms with Gasteiger partial charge < -0.3 is 5.32 Å². The zero-order valence-corrected chi connectivity index (χ0v) is 14.4. The van der Waals surface area contributed by atoms with Crippen LogP contribution in [0, 0.1) is 17.0 Å². The minimum Gasteiger partial charge on any atom is -0.352 e. The second kappa shape index (κ2) is 7.77. The molecule has 0 bridgehead atoms. The van der Waals surface area contributed by atoms with E-state index in [0.29, 0.717) is 11.8 Å². The smallest absolute Gasteiger partial charge is 0.324 e. The molecule has 0 spiro atoms. The third kappa shape index (κ3) is 5.23. The van der Waals surface area contributed by atoms with Gasteiger partial charge in [0, 0.05) is 23.9 Å². The summed E-state index contributed by atoms with van der Waals surface area (Å²) < 4.78 is 0. The van der Waals surface area contributed by atoms with E-state index in [-0.39, 0.29) is 27.8 Å². The Kier molecular flexibility index (Phi) is 5.74. The van der Waals surface area contributed by atoms with Crippen LogP contribution in [0.15, 0.2) is 12.1 Å². The van der Waals surface area contributed by atoms with E-state index in [2.05, 4.69) is 25.6 Å². The summed E-state index contributed by atoms with van der Waals surface area (Å²) in [6.07, 6.45) is 1.48. The number of thiophene rings is 1. The number of nitrogens with zero attached hydrogens (tertiary/aromatic N) is 4. The van der Waals surface area contributed by atoms with Crippen LogP contribution in [0.5, 0.6) is 0 Å². The Morgan fingerprint density at radius 1 is 1.33 bits per heavy atom. The van der Waals surface area contributed by atoms with Gasteiger partial charge in [0.1, 0.15) is 5.82 Å². The largest absolute Gasteiger partial charge is 0.352 e. The van der Waals surface area contributed by atoms with Crippen molar-refractivity contribution in [3.05, 3.63) is 32.9 Å². The van der Waals surface area contributed by atoms with E-state index in [9.17, 15) is 14.9 Å². The molecular weight excluding hydrogens is 332 g/mol. The minimum absolute atomic E-state index is 0.0538. The van der Waals surface area contributed by atoms with Crippen LogP contribution in [-0.4, -0.2) is 31.8 Å². The average Bonchev–Trinajstić information content (AvgIpc) is 2.92. The molecule has 128 valence electrons. The van der Waals surface area contributed by atoms with Crippen LogP contribution < -0.4 is 10.6 Å². The number of aryl methyl sites for hydroxylation is 2. The van der Waals surface area contributed by atoms with Crippen molar-refractivity contribution in [1.82, 2.24) is 15.0 Å². The molecule has 24 heavy (non-hydrogen) atoms. The van der Waals surface area contributed by atoms with Crippen molar-refractivity contribution in [2.45, 2.75) is 39.7 Å². The maximum atomic E-state index is 11.1. The SMILES string of the molecule is CC(=O)Nc1nc(C)nc(NC(C)CCc2ccc([N+](=O)[O-])s2)n1. The fraction of sp³-hybridized carbons (Fsp3) is 0.429. The number of carbonyl (C=O) groups excluding carboxylic acids is 1. The van der Waals surface area contributed by atoms with Gasteiger partial charge in [0.25, 0.3) is 0 Å². The molecule has 2 aromatic heterocycles. The first-order valence-corrected chi connectivity index (χ1v) is 8.15. The van der Waals surface area contributed by atoms with Crippen LogP contribution in [0.2, 0.25) is 0 Å². The Morgan fingerprint density at radius 2 is 2.04 bits per heavy atom. The van der Waals surface area contributed by atoms with Crippen molar-refractivity contribution >= 4 is 34.1 Å². The van der Waals surface area contributed by atoms with E-state index in [1.807, 2.05) is 6.92 Å². The monoisotopic (exact) mass is 350 g/mol. The lowest BCUT2D eigenvalue weighted by molar-refractivity contribution is -0.380. The van der Waals surface area contributed by atoms with E-state index < -0.39 is 0 Å². The molecule has 0 aliphatic heterocycles. The lowest BCUT2D eigenvalue weighted by Crippen LogP contribution is -2.19. The Hall–Kier alpha value is -2.62. The van der Waals surface area contributed by atoms with Crippen LogP contribution in [0.4, 0.5) is 16.9 Å². The van der Waals surface area contributed by atoms with Gasteiger partial charge in [-0.1, -0.05) is 11.3 Å². The highest BCUT2D eigenvalue weighted by Crippen LogP contribution is 2.25. The zero-order chi connectivity index (χ0) is 17.7. The molecule has 0 aromatic carbocycles. The van der Waals surface area contributed by atoms with Gasteiger partial charge in [0.15, 0.2) is 0 Å². The lowest BCUT2D eigenvalue weighted by atomic mass is 10.1. The first-order valence-electron chi connectivity index (χ1n) is 7.33. The summed E-state index contributed by atoms with van der Waals surface area (Å²) in [7, 11) is 0. The number of aromatic nitrogens is 3. The summed E-state index contributed by atoms with van der Waals surface area (Å²) in [6.45, 7) is 5.07. The number of amides is 1. The lowest BCUT2D eigenvalue weighted by Gasteiger charge is -2.14. The van der Waals surface area contributed by atoms with Gasteiger partial charge in [-0.15, -0.1) is 0 Å². The second-order valence-electron chi connectivity index (χ2n) is 5.29. The predicted octanol–water partition coefficient (Wildman–Crippen LogP) is 2.54. The fourth-order valence-electron chi connectivity index (χ4n) is 2.01. The van der Waals surface area contributed by atoms with Gasteiger partial charge in [-0.25, -0.2) is 0 Å². The molecule has 1 unspecified atom stereocenters. The maximum absolute atomic E-state index is 11.1. The van der Waals surface area contributed by atoms with Gasteiger partial charge in [-0.05, 0) is 32.8 Å². The van der Waals surface area contributed by atoms with E-state index in [4.69, 9.17) is 0 Å². The molecule has 0 radical (unpaired) electrons. The second-order valence-corrected chi connectivity index (χ2v) is 6.44. The number of hydrogen-bond donors (Lipinski definition) is 2. The van der Waals surface area contributed by atoms with Gasteiger partial charge in [-0.3, -0.25) is 20.2 Å². The van der Waals surface area contributed by atoms with Crippen molar-refractivity contribution in [3.63, 3.8) is 0 Å². The summed E-state index contributed by atoms with van der Waals surface area (Å²) in [5, 5.41) is 16.5. The molecule has 0 fully saturated rings. The Morgan fingerprint density at radius 3 is 2.67 bits per heavy atom. The summed E-state index contributed by atoms with van der Waals surface area (Å²) in [4.78, 5) is 34.7. The third-order valence-electron chi connectivity index (χ3n) is 3.06. The molecule has 2 rings (SSSR count). The summed E-state index contributed by atoms with van der Waals surface area (Å²) in [5.74, 6) is 0.839. The molecule has 10 heteroatoms. The maximum Gasteiger partial charge on any atom is 0.324 e. The van der Waals surface area contributed by atoms with Gasteiger partial charge in [0.05, 0.1) is 4.92 Å². The topological polar surface area (TPSA) is 123 Å². The molecule has 2 heterocycles. The van der Waals surface area contributed by atoms with Crippen molar-refractivity contribution in [2.24, 2.45) is 0 Å². The first-order chi connectivity index (χ1) is 11.3. The average molecular weight is 350 g/mol. The summed E-state index contributed by atoms with van der Waals surface area (Å²) in [5.41, 5.74) is 0. The Bertz CT molecular complexity index is 748. The molecule has 1 amide bonds. The molecule has 2 N–H and O–H groups in total. The normalized spacial score (nSPS) is 11.8. The molecule has 0 aliphatic rings. The van der Waals surface area contributed by atoms with Crippen LogP contribution in [0.25, 0.3) is 0 Å². The third-order valence-corrected chi connectivity index (χ3v) is 4.16. The highest BCUT2D eigenvalue weighted by Gasteiger charge is 2.12. The highest BCUT2D eigenvalue weighted by molar-refractivity contribution is 7.15. The van der Waals surface area contributed by atoms with Gasteiger partial charge in [0.2, 0.25) is 17.8 Å². The van der Waals surface area contributed by atoms with Crippen LogP contribution in [-0.2, 0) is 11.2 Å². The van der Waals surface area contributed by atoms with E-state index in [1.54, 1.807) is 13.0 Å². The molecule has 0 saturated carbocycles. The Labute approximate surface area is 142 Å². The minimum atomic E-state index is -0.382. The standard InChI is InChI=1S/C14H18N6O3S/c1-8(4-5-11-6-7-12(24-11)20(22)23)15-13-16-9(2)17-14(19-13)18-10(3)21/h6-8H,4-5H2,1-3H3,(H2,15,16,17,18,19,21). The van der Waals surface area contributed by atoms with Crippen molar-refractivity contribution in [3.8, 4) is 0 Å². The van der Waals surface area contributed by atoms with Crippen molar-refractivity contribution in [2.75, 3.05) is 10.6 Å². The van der Waals surface area contributed by atoms with Crippen LogP contribution in [0.1, 0.15) is 31.0 Å². The predicted molar refractivity (Wildman–Crippen MR) is 91.2 cm³/mol. The molecule has 0 aliphatic carbocycles. The summed E-state index contributed by atoms with van der Waals surface area (Å²) >= 11 is 1.19. The number of hydrogen-bond acceptors (Lipinski definition) is 8. The molecule has 1 atom stereocenters. The van der Waals surface area contributed by atoms with Crippen LogP contribution in [0.3, 0.4) is 0 Å². The Balaban J connectivity index is 1.93. The van der Waals surface area contributed by atoms with Gasteiger partial charge in [-0.2, -0.15) is 15.0 Å². The van der Waals surface area contributed by atoms with E-state index >= 15 is 0 Å². The number of anilines is 2. The van der Waals surface area contributed by atoms with E-state index in [1.165, 1.54) is 24.3 Å². The highest BCUT2D eigenvalue weighted by atomic mass is 32.1. The zero-order valence-electron chi connectivity index (χ0n) is 13.6. The first kappa shape index (κ1) is 17.7. The van der Waals surface area contributed by atoms with Crippen LogP contribution >= 0.6 is 11.3 Å². The fourth-order valence-corrected chi connectivity index (χ4v) is 2.85. The number of nitrogens with one attached hydrogen (secondary N) is 2. The molecule has 0 saturated heterocycles.